The van der Waals surface area contributed by atoms with Gasteiger partial charge in [-0.25, -0.2) is 4.39 Å². The second kappa shape index (κ2) is 6.83. The number of anilines is 1. The van der Waals surface area contributed by atoms with E-state index < -0.39 is 5.82 Å². The monoisotopic (exact) mass is 255 g/mol. The summed E-state index contributed by atoms with van der Waals surface area (Å²) in [4.78, 5) is 12.9. The predicted molar refractivity (Wildman–Crippen MR) is 67.5 cm³/mol. The van der Waals surface area contributed by atoms with Crippen LogP contribution in [0.25, 0.3) is 0 Å². The van der Waals surface area contributed by atoms with Crippen molar-refractivity contribution >= 4 is 11.7 Å². The van der Waals surface area contributed by atoms with Crippen LogP contribution in [-0.4, -0.2) is 32.8 Å². The smallest absolute Gasteiger partial charge is 0.325 e. The highest BCUT2D eigenvalue weighted by atomic mass is 19.1. The van der Waals surface area contributed by atoms with E-state index in [0.717, 1.165) is 0 Å². The Hall–Kier alpha value is -1.78. The molecule has 0 amide bonds. The highest BCUT2D eigenvalue weighted by Gasteiger charge is 2.11. The molecular weight excluding hydrogens is 237 g/mol. The van der Waals surface area contributed by atoms with Gasteiger partial charge in [0.15, 0.2) is 11.6 Å². The van der Waals surface area contributed by atoms with Gasteiger partial charge in [0, 0.05) is 18.8 Å². The number of hydrogen-bond donors (Lipinski definition) is 0. The van der Waals surface area contributed by atoms with Crippen molar-refractivity contribution in [2.24, 2.45) is 0 Å². The number of rotatable bonds is 6. The molecule has 0 saturated carbocycles. The first-order valence-corrected chi connectivity index (χ1v) is 5.87. The zero-order valence-electron chi connectivity index (χ0n) is 10.9. The van der Waals surface area contributed by atoms with Crippen molar-refractivity contribution in [2.75, 3.05) is 31.7 Å². The van der Waals surface area contributed by atoms with Crippen LogP contribution in [0.5, 0.6) is 5.75 Å². The average molecular weight is 255 g/mol. The number of halogens is 1. The normalized spacial score (nSPS) is 10.0. The topological polar surface area (TPSA) is 38.8 Å². The first kappa shape index (κ1) is 14.3. The first-order valence-electron chi connectivity index (χ1n) is 5.87. The third-order valence-corrected chi connectivity index (χ3v) is 2.33. The molecule has 0 aromatic heterocycles. The molecule has 0 heterocycles. The van der Waals surface area contributed by atoms with Crippen molar-refractivity contribution in [2.45, 2.75) is 13.8 Å². The molecule has 0 atom stereocenters. The van der Waals surface area contributed by atoms with E-state index in [2.05, 4.69) is 0 Å². The van der Waals surface area contributed by atoms with E-state index in [9.17, 15) is 9.18 Å². The van der Waals surface area contributed by atoms with Crippen molar-refractivity contribution < 1.29 is 18.7 Å². The van der Waals surface area contributed by atoms with E-state index in [0.29, 0.717) is 18.9 Å². The van der Waals surface area contributed by atoms with Gasteiger partial charge in [-0.05, 0) is 26.0 Å². The van der Waals surface area contributed by atoms with Gasteiger partial charge in [0.1, 0.15) is 6.54 Å². The van der Waals surface area contributed by atoms with Crippen LogP contribution < -0.4 is 9.64 Å². The number of carbonyl (C=O) groups excluding carboxylic acids is 1. The van der Waals surface area contributed by atoms with Gasteiger partial charge in [-0.2, -0.15) is 0 Å². The Bertz CT molecular complexity index is 409. The van der Waals surface area contributed by atoms with E-state index in [-0.39, 0.29) is 18.3 Å². The van der Waals surface area contributed by atoms with Gasteiger partial charge in [0.25, 0.3) is 0 Å². The molecule has 5 heteroatoms. The fraction of sp³-hybridized carbons (Fsp3) is 0.462. The largest absolute Gasteiger partial charge is 0.491 e. The molecule has 0 fully saturated rings. The molecule has 0 aliphatic heterocycles. The minimum absolute atomic E-state index is 0.0846. The van der Waals surface area contributed by atoms with Crippen LogP contribution in [0.1, 0.15) is 13.8 Å². The highest BCUT2D eigenvalue weighted by molar-refractivity contribution is 5.75. The van der Waals surface area contributed by atoms with Crippen molar-refractivity contribution in [3.63, 3.8) is 0 Å². The zero-order chi connectivity index (χ0) is 13.5. The Kier molecular flexibility index (Phi) is 5.42. The van der Waals surface area contributed by atoms with E-state index >= 15 is 0 Å². The molecule has 1 rings (SSSR count). The van der Waals surface area contributed by atoms with Crippen molar-refractivity contribution in [3.8, 4) is 5.75 Å². The van der Waals surface area contributed by atoms with Crippen LogP contribution in [-0.2, 0) is 9.53 Å². The summed E-state index contributed by atoms with van der Waals surface area (Å²) in [5, 5.41) is 0. The second-order valence-corrected chi connectivity index (χ2v) is 3.71. The third-order valence-electron chi connectivity index (χ3n) is 2.33. The number of nitrogens with zero attached hydrogens (tertiary/aromatic N) is 1. The lowest BCUT2D eigenvalue weighted by Gasteiger charge is -2.18. The van der Waals surface area contributed by atoms with Gasteiger partial charge in [0.2, 0.25) is 0 Å². The first-order chi connectivity index (χ1) is 8.58. The van der Waals surface area contributed by atoms with Gasteiger partial charge in [-0.15, -0.1) is 0 Å². The predicted octanol–water partition coefficient (Wildman–Crippen LogP) is 2.22. The summed E-state index contributed by atoms with van der Waals surface area (Å²) in [5.41, 5.74) is 0.601. The number of ether oxygens (including phenoxy) is 2. The molecule has 0 aliphatic carbocycles. The maximum atomic E-state index is 13.6. The van der Waals surface area contributed by atoms with Crippen molar-refractivity contribution in [3.05, 3.63) is 24.0 Å². The highest BCUT2D eigenvalue weighted by Crippen LogP contribution is 2.23. The quantitative estimate of drug-likeness (QED) is 0.731. The maximum absolute atomic E-state index is 13.6. The number of esters is 1. The molecule has 1 aromatic carbocycles. The molecule has 0 saturated heterocycles. The van der Waals surface area contributed by atoms with Crippen LogP contribution in [0.3, 0.4) is 0 Å². The lowest BCUT2D eigenvalue weighted by molar-refractivity contribution is -0.141. The SMILES string of the molecule is CCOC(=O)CN(C)c1ccc(OCC)c(F)c1. The van der Waals surface area contributed by atoms with Crippen LogP contribution in [0.2, 0.25) is 0 Å². The van der Waals surface area contributed by atoms with Gasteiger partial charge in [-0.1, -0.05) is 0 Å². The van der Waals surface area contributed by atoms with E-state index in [1.165, 1.54) is 6.07 Å². The maximum Gasteiger partial charge on any atom is 0.325 e. The lowest BCUT2D eigenvalue weighted by atomic mass is 10.2. The number of likely N-dealkylation sites (N-methyl/N-ethyl adjacent to an activating group) is 1. The van der Waals surface area contributed by atoms with E-state index in [4.69, 9.17) is 9.47 Å². The fourth-order valence-electron chi connectivity index (χ4n) is 1.49. The van der Waals surface area contributed by atoms with E-state index in [1.807, 2.05) is 0 Å². The summed E-state index contributed by atoms with van der Waals surface area (Å²) in [5.74, 6) is -0.565. The summed E-state index contributed by atoms with van der Waals surface area (Å²) in [6.45, 7) is 4.37. The Morgan fingerprint density at radius 1 is 1.33 bits per heavy atom. The molecule has 100 valence electrons. The number of benzene rings is 1. The van der Waals surface area contributed by atoms with Gasteiger partial charge in [0.05, 0.1) is 13.2 Å². The van der Waals surface area contributed by atoms with Gasteiger partial charge >= 0.3 is 5.97 Å². The van der Waals surface area contributed by atoms with Gasteiger partial charge < -0.3 is 14.4 Å². The van der Waals surface area contributed by atoms with Crippen LogP contribution in [0, 0.1) is 5.82 Å². The summed E-state index contributed by atoms with van der Waals surface area (Å²) in [6.07, 6.45) is 0. The molecule has 0 radical (unpaired) electrons. The Balaban J connectivity index is 2.71. The molecule has 0 spiro atoms. The van der Waals surface area contributed by atoms with Crippen LogP contribution >= 0.6 is 0 Å². The average Bonchev–Trinajstić information content (AvgIpc) is 2.32. The Morgan fingerprint density at radius 2 is 2.06 bits per heavy atom. The summed E-state index contributed by atoms with van der Waals surface area (Å²) >= 11 is 0. The summed E-state index contributed by atoms with van der Waals surface area (Å²) in [7, 11) is 1.70. The zero-order valence-corrected chi connectivity index (χ0v) is 10.9. The Labute approximate surface area is 106 Å². The van der Waals surface area contributed by atoms with Crippen molar-refractivity contribution in [1.29, 1.82) is 0 Å². The van der Waals surface area contributed by atoms with E-state index in [1.54, 1.807) is 37.9 Å². The van der Waals surface area contributed by atoms with Crippen LogP contribution in [0.15, 0.2) is 18.2 Å². The summed E-state index contributed by atoms with van der Waals surface area (Å²) in [6, 6.07) is 4.59. The standard InChI is InChI=1S/C13H18FNO3/c1-4-17-12-7-6-10(8-11(12)14)15(3)9-13(16)18-5-2/h6-8H,4-5,9H2,1-3H3. The molecular formula is C13H18FNO3. The molecule has 1 aromatic rings. The molecule has 0 N–H and O–H groups in total. The minimum Gasteiger partial charge on any atom is -0.491 e. The Morgan fingerprint density at radius 3 is 2.61 bits per heavy atom. The number of hydrogen-bond acceptors (Lipinski definition) is 4. The fourth-order valence-corrected chi connectivity index (χ4v) is 1.49. The second-order valence-electron chi connectivity index (χ2n) is 3.71. The minimum atomic E-state index is -0.440. The molecule has 0 aliphatic rings. The van der Waals surface area contributed by atoms with Crippen molar-refractivity contribution in [1.82, 2.24) is 0 Å². The third kappa shape index (κ3) is 3.91. The number of carbonyl (C=O) groups is 1. The van der Waals surface area contributed by atoms with Gasteiger partial charge in [-0.3, -0.25) is 4.79 Å². The summed E-state index contributed by atoms with van der Waals surface area (Å²) < 4.78 is 23.5. The molecule has 4 nitrogen and oxygen atoms in total. The lowest BCUT2D eigenvalue weighted by Crippen LogP contribution is -2.27. The molecule has 0 bridgehead atoms. The molecule has 18 heavy (non-hydrogen) atoms. The van der Waals surface area contributed by atoms with Crippen LogP contribution in [0.4, 0.5) is 10.1 Å². The molecule has 0 unspecified atom stereocenters.